The van der Waals surface area contributed by atoms with Crippen molar-refractivity contribution in [2.45, 2.75) is 0 Å². The van der Waals surface area contributed by atoms with Crippen molar-refractivity contribution < 1.29 is 10.3 Å². The maximum Gasteiger partial charge on any atom is 0.296 e. The summed E-state index contributed by atoms with van der Waals surface area (Å²) in [6, 6.07) is 20.2. The van der Waals surface area contributed by atoms with E-state index in [4.69, 9.17) is 0 Å². The van der Waals surface area contributed by atoms with E-state index in [0.29, 0.717) is 15.7 Å². The fourth-order valence-corrected chi connectivity index (χ4v) is 2.97. The van der Waals surface area contributed by atoms with E-state index in [9.17, 15) is 15.1 Å². The average molecular weight is 356 g/mol. The molecule has 132 valence electrons. The molecule has 4 rings (SSSR count). The van der Waals surface area contributed by atoms with Gasteiger partial charge in [0.15, 0.2) is 5.65 Å². The molecule has 0 fully saturated rings. The van der Waals surface area contributed by atoms with E-state index in [1.54, 1.807) is 30.3 Å². The maximum absolute atomic E-state index is 12.5. The van der Waals surface area contributed by atoms with Crippen molar-refractivity contribution in [3.63, 3.8) is 0 Å². The molecule has 2 heterocycles. The highest BCUT2D eigenvalue weighted by atomic mass is 16.5. The topological polar surface area (TPSA) is 75.3 Å². The molecule has 0 amide bonds. The van der Waals surface area contributed by atoms with E-state index in [-0.39, 0.29) is 17.0 Å². The summed E-state index contributed by atoms with van der Waals surface area (Å²) in [7, 11) is 0. The highest BCUT2D eigenvalue weighted by Crippen LogP contribution is 2.32. The molecular weight excluding hydrogens is 340 g/mol. The molecule has 5 nitrogen and oxygen atoms in total. The van der Waals surface area contributed by atoms with Crippen molar-refractivity contribution in [2.24, 2.45) is 0 Å². The second-order valence-electron chi connectivity index (χ2n) is 6.09. The van der Waals surface area contributed by atoms with Crippen molar-refractivity contribution >= 4 is 23.2 Å². The summed E-state index contributed by atoms with van der Waals surface area (Å²) < 4.78 is 0.474. The summed E-state index contributed by atoms with van der Waals surface area (Å²) in [5.74, 6) is -0.200. The monoisotopic (exact) mass is 356 g/mol. The van der Waals surface area contributed by atoms with Gasteiger partial charge in [-0.1, -0.05) is 72.8 Å². The largest absolute Gasteiger partial charge is 0.506 e. The normalized spacial score (nSPS) is 11.3. The molecule has 0 atom stereocenters. The van der Waals surface area contributed by atoms with Crippen LogP contribution in [0.5, 0.6) is 5.75 Å². The molecule has 5 heteroatoms. The van der Waals surface area contributed by atoms with Crippen LogP contribution in [0.1, 0.15) is 11.1 Å². The number of rotatable bonds is 3. The number of pyridine rings is 2. The van der Waals surface area contributed by atoms with Gasteiger partial charge in [0.2, 0.25) is 0 Å². The number of hydrogen-bond donors (Lipinski definition) is 2. The first-order valence-electron chi connectivity index (χ1n) is 8.40. The Kier molecular flexibility index (Phi) is 4.18. The van der Waals surface area contributed by atoms with Crippen LogP contribution in [0.15, 0.2) is 77.7 Å². The Balaban J connectivity index is 1.88. The molecule has 0 aliphatic rings. The first kappa shape index (κ1) is 16.6. The Bertz CT molecular complexity index is 1200. The molecule has 0 saturated carbocycles. The van der Waals surface area contributed by atoms with Gasteiger partial charge in [-0.2, -0.15) is 0 Å². The second-order valence-corrected chi connectivity index (χ2v) is 6.09. The smallest absolute Gasteiger partial charge is 0.296 e. The van der Waals surface area contributed by atoms with Gasteiger partial charge in [-0.25, -0.2) is 4.98 Å². The Morgan fingerprint density at radius 3 is 2.22 bits per heavy atom. The lowest BCUT2D eigenvalue weighted by Gasteiger charge is -2.10. The zero-order valence-corrected chi connectivity index (χ0v) is 14.3. The molecule has 2 N–H and O–H groups in total. The lowest BCUT2D eigenvalue weighted by atomic mass is 10.0. The van der Waals surface area contributed by atoms with Crippen LogP contribution in [0.2, 0.25) is 0 Å². The Morgan fingerprint density at radius 1 is 0.889 bits per heavy atom. The quantitative estimate of drug-likeness (QED) is 0.540. The number of nitrogens with zero attached hydrogens (tertiary/aromatic N) is 2. The van der Waals surface area contributed by atoms with Crippen molar-refractivity contribution in [2.75, 3.05) is 0 Å². The van der Waals surface area contributed by atoms with Gasteiger partial charge >= 0.3 is 0 Å². The minimum absolute atomic E-state index is 0.00837. The Hall–Kier alpha value is -3.86. The van der Waals surface area contributed by atoms with Crippen LogP contribution < -0.4 is 5.56 Å². The Morgan fingerprint density at radius 2 is 1.52 bits per heavy atom. The molecule has 2 aromatic heterocycles. The number of aromatic nitrogens is 2. The van der Waals surface area contributed by atoms with Gasteiger partial charge in [-0.05, 0) is 22.8 Å². The molecule has 4 aromatic rings. The number of hydrogen-bond acceptors (Lipinski definition) is 4. The molecule has 0 spiro atoms. The molecule has 0 aliphatic carbocycles. The third-order valence-corrected chi connectivity index (χ3v) is 4.32. The van der Waals surface area contributed by atoms with Crippen molar-refractivity contribution in [1.29, 1.82) is 0 Å². The predicted molar refractivity (Wildman–Crippen MR) is 106 cm³/mol. The molecule has 0 unspecified atom stereocenters. The van der Waals surface area contributed by atoms with Crippen LogP contribution in [0.4, 0.5) is 0 Å². The standard InChI is InChI=1S/C22H16N2O3/c25-20-18-13-16(12-11-15-7-3-1-4-8-15)14-23-21(18)24(27)22(26)19(20)17-9-5-2-6-10-17/h1-14,25,27H. The van der Waals surface area contributed by atoms with Gasteiger partial charge in [0.05, 0.1) is 10.9 Å². The van der Waals surface area contributed by atoms with Gasteiger partial charge in [0, 0.05) is 6.20 Å². The zero-order chi connectivity index (χ0) is 18.8. The lowest BCUT2D eigenvalue weighted by molar-refractivity contribution is 0.186. The molecule has 27 heavy (non-hydrogen) atoms. The van der Waals surface area contributed by atoms with Gasteiger partial charge in [0.1, 0.15) is 5.75 Å². The zero-order valence-electron chi connectivity index (χ0n) is 14.3. The van der Waals surface area contributed by atoms with Crippen LogP contribution >= 0.6 is 0 Å². The maximum atomic E-state index is 12.5. The molecule has 0 saturated heterocycles. The van der Waals surface area contributed by atoms with Crippen LogP contribution in [-0.4, -0.2) is 20.0 Å². The summed E-state index contributed by atoms with van der Waals surface area (Å²) in [5.41, 5.74) is 1.62. The predicted octanol–water partition coefficient (Wildman–Crippen LogP) is 4.18. The summed E-state index contributed by atoms with van der Waals surface area (Å²) in [5, 5.41) is 21.3. The average Bonchev–Trinajstić information content (AvgIpc) is 2.72. The van der Waals surface area contributed by atoms with E-state index in [1.165, 1.54) is 6.20 Å². The fourth-order valence-electron chi connectivity index (χ4n) is 2.97. The summed E-state index contributed by atoms with van der Waals surface area (Å²) in [6.45, 7) is 0. The van der Waals surface area contributed by atoms with E-state index in [0.717, 1.165) is 11.1 Å². The fraction of sp³-hybridized carbons (Fsp3) is 0. The van der Waals surface area contributed by atoms with Crippen molar-refractivity contribution in [3.05, 3.63) is 94.4 Å². The number of benzene rings is 2. The Labute approximate surface area is 155 Å². The number of fused-ring (bicyclic) bond motifs is 1. The molecule has 0 aliphatic heterocycles. The van der Waals surface area contributed by atoms with Crippen molar-refractivity contribution in [3.8, 4) is 16.9 Å². The van der Waals surface area contributed by atoms with Gasteiger partial charge < -0.3 is 10.3 Å². The first-order valence-corrected chi connectivity index (χ1v) is 8.40. The molecule has 2 aromatic carbocycles. The summed E-state index contributed by atoms with van der Waals surface area (Å²) >= 11 is 0. The van der Waals surface area contributed by atoms with Gasteiger partial charge in [-0.3, -0.25) is 4.79 Å². The SMILES string of the molecule is O=c1c(-c2ccccc2)c(O)c2cc(C=Cc3ccccc3)cnc2n1O. The minimum Gasteiger partial charge on any atom is -0.506 e. The minimum atomic E-state index is -0.716. The van der Waals surface area contributed by atoms with E-state index in [2.05, 4.69) is 4.98 Å². The third-order valence-electron chi connectivity index (χ3n) is 4.32. The van der Waals surface area contributed by atoms with E-state index in [1.807, 2.05) is 48.6 Å². The van der Waals surface area contributed by atoms with Crippen molar-refractivity contribution in [1.82, 2.24) is 9.71 Å². The molecule has 0 bridgehead atoms. The first-order chi connectivity index (χ1) is 13.1. The van der Waals surface area contributed by atoms with Crippen LogP contribution in [0.3, 0.4) is 0 Å². The van der Waals surface area contributed by atoms with Gasteiger partial charge in [0.25, 0.3) is 5.56 Å². The lowest BCUT2D eigenvalue weighted by Crippen LogP contribution is -2.21. The third kappa shape index (κ3) is 3.06. The van der Waals surface area contributed by atoms with Gasteiger partial charge in [-0.15, -0.1) is 4.73 Å². The van der Waals surface area contributed by atoms with Crippen LogP contribution in [0.25, 0.3) is 34.3 Å². The van der Waals surface area contributed by atoms with Crippen LogP contribution in [-0.2, 0) is 0 Å². The summed E-state index contributed by atoms with van der Waals surface area (Å²) in [6.07, 6.45) is 5.32. The number of aromatic hydroxyl groups is 1. The van der Waals surface area contributed by atoms with E-state index < -0.39 is 5.56 Å². The van der Waals surface area contributed by atoms with E-state index >= 15 is 0 Å². The molecular formula is C22H16N2O3. The highest BCUT2D eigenvalue weighted by Gasteiger charge is 2.18. The highest BCUT2D eigenvalue weighted by molar-refractivity contribution is 5.91. The second kappa shape index (κ2) is 6.80. The summed E-state index contributed by atoms with van der Waals surface area (Å²) in [4.78, 5) is 16.6. The molecule has 0 radical (unpaired) electrons. The van der Waals surface area contributed by atoms with Crippen LogP contribution in [0, 0.1) is 0 Å².